The Labute approximate surface area is 219 Å². The maximum absolute atomic E-state index is 5.28. The fraction of sp³-hybridized carbons (Fsp3) is 0. The standard InChI is InChI=1S/C35H21N3/c1-2-10-27-26(9-1)25(24-8-5-19-36-21-24)17-18-28(27)35-30-16-15-22-13-14-23-7-6-20-37-34(23)32(22)33(30)29-11-3-4-12-31(29)38-35/h1-21H. The van der Waals surface area contributed by atoms with Crippen molar-refractivity contribution in [2.24, 2.45) is 0 Å². The molecular formula is C35H21N3. The van der Waals surface area contributed by atoms with E-state index in [0.29, 0.717) is 0 Å². The molecule has 3 heteroatoms. The summed E-state index contributed by atoms with van der Waals surface area (Å²) < 4.78 is 0. The SMILES string of the molecule is c1cncc(-c2ccc(-c3nc4ccccc4c4c3ccc3ccc5cccnc5c34)c3ccccc23)c1. The average molecular weight is 484 g/mol. The van der Waals surface area contributed by atoms with Gasteiger partial charge in [0, 0.05) is 56.6 Å². The lowest BCUT2D eigenvalue weighted by Gasteiger charge is -2.16. The molecule has 0 amide bonds. The minimum Gasteiger partial charge on any atom is -0.264 e. The van der Waals surface area contributed by atoms with Crippen LogP contribution in [0.25, 0.3) is 76.5 Å². The third-order valence-corrected chi connectivity index (χ3v) is 7.57. The topological polar surface area (TPSA) is 38.7 Å². The van der Waals surface area contributed by atoms with Crippen LogP contribution in [0.5, 0.6) is 0 Å². The second kappa shape index (κ2) is 8.19. The highest BCUT2D eigenvalue weighted by Crippen LogP contribution is 2.42. The van der Waals surface area contributed by atoms with E-state index in [2.05, 4.69) is 102 Å². The minimum atomic E-state index is 0.982. The molecule has 0 atom stereocenters. The van der Waals surface area contributed by atoms with E-state index in [1.165, 1.54) is 32.5 Å². The summed E-state index contributed by atoms with van der Waals surface area (Å²) in [6.07, 6.45) is 5.62. The van der Waals surface area contributed by atoms with Crippen LogP contribution in [0.15, 0.2) is 128 Å². The first-order valence-electron chi connectivity index (χ1n) is 12.8. The van der Waals surface area contributed by atoms with Crippen LogP contribution in [-0.4, -0.2) is 15.0 Å². The first-order chi connectivity index (χ1) is 18.9. The van der Waals surface area contributed by atoms with Crippen LogP contribution in [-0.2, 0) is 0 Å². The van der Waals surface area contributed by atoms with Gasteiger partial charge in [-0.05, 0) is 39.9 Å². The summed E-state index contributed by atoms with van der Waals surface area (Å²) >= 11 is 0. The van der Waals surface area contributed by atoms with E-state index in [9.17, 15) is 0 Å². The Morgan fingerprint density at radius 2 is 1.21 bits per heavy atom. The summed E-state index contributed by atoms with van der Waals surface area (Å²) in [7, 11) is 0. The zero-order chi connectivity index (χ0) is 25.1. The number of fused-ring (bicyclic) bond motifs is 8. The van der Waals surface area contributed by atoms with Gasteiger partial charge < -0.3 is 0 Å². The summed E-state index contributed by atoms with van der Waals surface area (Å²) in [5.41, 5.74) is 6.39. The molecule has 0 fully saturated rings. The van der Waals surface area contributed by atoms with Crippen molar-refractivity contribution < 1.29 is 0 Å². The van der Waals surface area contributed by atoms with Crippen LogP contribution in [0, 0.1) is 0 Å². The Morgan fingerprint density at radius 3 is 2.08 bits per heavy atom. The Kier molecular flexibility index (Phi) is 4.52. The van der Waals surface area contributed by atoms with Gasteiger partial charge in [0.25, 0.3) is 0 Å². The number of hydrogen-bond donors (Lipinski definition) is 0. The van der Waals surface area contributed by atoms with Crippen LogP contribution >= 0.6 is 0 Å². The zero-order valence-electron chi connectivity index (χ0n) is 20.5. The van der Waals surface area contributed by atoms with Crippen molar-refractivity contribution in [2.75, 3.05) is 0 Å². The number of rotatable bonds is 2. The smallest absolute Gasteiger partial charge is 0.0794 e. The second-order valence-electron chi connectivity index (χ2n) is 9.65. The van der Waals surface area contributed by atoms with Crippen molar-refractivity contribution in [3.05, 3.63) is 128 Å². The molecule has 0 spiro atoms. The van der Waals surface area contributed by atoms with Gasteiger partial charge in [0.1, 0.15) is 0 Å². The lowest BCUT2D eigenvalue weighted by Crippen LogP contribution is -1.93. The van der Waals surface area contributed by atoms with Crippen molar-refractivity contribution >= 4 is 54.1 Å². The molecule has 0 N–H and O–H groups in total. The highest BCUT2D eigenvalue weighted by molar-refractivity contribution is 6.28. The number of aromatic nitrogens is 3. The third kappa shape index (κ3) is 3.06. The summed E-state index contributed by atoms with van der Waals surface area (Å²) in [4.78, 5) is 14.5. The molecular weight excluding hydrogens is 462 g/mol. The molecule has 3 nitrogen and oxygen atoms in total. The van der Waals surface area contributed by atoms with E-state index in [1.807, 2.05) is 30.7 Å². The molecule has 176 valence electrons. The van der Waals surface area contributed by atoms with Gasteiger partial charge in [0.05, 0.1) is 16.7 Å². The Morgan fingerprint density at radius 1 is 0.474 bits per heavy atom. The molecule has 0 unspecified atom stereocenters. The van der Waals surface area contributed by atoms with E-state index in [4.69, 9.17) is 9.97 Å². The average Bonchev–Trinajstić information content (AvgIpc) is 3.00. The molecule has 0 saturated heterocycles. The van der Waals surface area contributed by atoms with Gasteiger partial charge in [-0.2, -0.15) is 0 Å². The predicted molar refractivity (Wildman–Crippen MR) is 158 cm³/mol. The number of nitrogens with zero attached hydrogens (tertiary/aromatic N) is 3. The normalized spacial score (nSPS) is 11.7. The van der Waals surface area contributed by atoms with Gasteiger partial charge in [-0.25, -0.2) is 4.98 Å². The molecule has 3 aromatic heterocycles. The monoisotopic (exact) mass is 483 g/mol. The fourth-order valence-corrected chi connectivity index (χ4v) is 5.88. The van der Waals surface area contributed by atoms with E-state index in [1.54, 1.807) is 0 Å². The molecule has 0 aliphatic heterocycles. The lowest BCUT2D eigenvalue weighted by molar-refractivity contribution is 1.33. The van der Waals surface area contributed by atoms with E-state index in [0.717, 1.165) is 44.0 Å². The van der Waals surface area contributed by atoms with Crippen LogP contribution in [0.3, 0.4) is 0 Å². The van der Waals surface area contributed by atoms with Gasteiger partial charge in [0.2, 0.25) is 0 Å². The van der Waals surface area contributed by atoms with Gasteiger partial charge >= 0.3 is 0 Å². The highest BCUT2D eigenvalue weighted by atomic mass is 14.7. The second-order valence-corrected chi connectivity index (χ2v) is 9.65. The quantitative estimate of drug-likeness (QED) is 0.230. The number of benzene rings is 5. The van der Waals surface area contributed by atoms with Crippen molar-refractivity contribution in [2.45, 2.75) is 0 Å². The summed E-state index contributed by atoms with van der Waals surface area (Å²) in [6, 6.07) is 38.5. The summed E-state index contributed by atoms with van der Waals surface area (Å²) in [5.74, 6) is 0. The maximum atomic E-state index is 5.28. The summed E-state index contributed by atoms with van der Waals surface area (Å²) in [5, 5.41) is 9.34. The van der Waals surface area contributed by atoms with Gasteiger partial charge in [0.15, 0.2) is 0 Å². The molecule has 38 heavy (non-hydrogen) atoms. The molecule has 0 bridgehead atoms. The van der Waals surface area contributed by atoms with Crippen LogP contribution in [0.2, 0.25) is 0 Å². The number of hydrogen-bond acceptors (Lipinski definition) is 3. The van der Waals surface area contributed by atoms with E-state index < -0.39 is 0 Å². The van der Waals surface area contributed by atoms with Crippen molar-refractivity contribution in [1.29, 1.82) is 0 Å². The van der Waals surface area contributed by atoms with Crippen LogP contribution in [0.4, 0.5) is 0 Å². The molecule has 5 aromatic carbocycles. The van der Waals surface area contributed by atoms with E-state index in [-0.39, 0.29) is 0 Å². The number of para-hydroxylation sites is 1. The van der Waals surface area contributed by atoms with Crippen molar-refractivity contribution in [1.82, 2.24) is 15.0 Å². The predicted octanol–water partition coefficient (Wildman–Crippen LogP) is 8.97. The largest absolute Gasteiger partial charge is 0.264 e. The zero-order valence-corrected chi connectivity index (χ0v) is 20.5. The number of pyridine rings is 3. The van der Waals surface area contributed by atoms with E-state index >= 15 is 0 Å². The van der Waals surface area contributed by atoms with Crippen molar-refractivity contribution in [3.63, 3.8) is 0 Å². The minimum absolute atomic E-state index is 0.982. The van der Waals surface area contributed by atoms with Crippen LogP contribution < -0.4 is 0 Å². The first kappa shape index (κ1) is 21.0. The molecule has 0 radical (unpaired) electrons. The third-order valence-electron chi connectivity index (χ3n) is 7.57. The molecule has 0 saturated carbocycles. The maximum Gasteiger partial charge on any atom is 0.0794 e. The first-order valence-corrected chi connectivity index (χ1v) is 12.8. The fourth-order valence-electron chi connectivity index (χ4n) is 5.88. The molecule has 3 heterocycles. The Balaban J connectivity index is 1.54. The summed E-state index contributed by atoms with van der Waals surface area (Å²) in [6.45, 7) is 0. The highest BCUT2D eigenvalue weighted by Gasteiger charge is 2.17. The lowest BCUT2D eigenvalue weighted by atomic mass is 9.90. The van der Waals surface area contributed by atoms with Gasteiger partial charge in [-0.1, -0.05) is 91.0 Å². The van der Waals surface area contributed by atoms with Crippen molar-refractivity contribution in [3.8, 4) is 22.4 Å². The Hall–Kier alpha value is -5.15. The molecule has 8 rings (SSSR count). The van der Waals surface area contributed by atoms with Gasteiger partial charge in [-0.3, -0.25) is 9.97 Å². The molecule has 8 aromatic rings. The Bertz CT molecular complexity index is 2180. The van der Waals surface area contributed by atoms with Crippen LogP contribution in [0.1, 0.15) is 0 Å². The molecule has 0 aliphatic rings. The molecule has 0 aliphatic carbocycles. The van der Waals surface area contributed by atoms with Gasteiger partial charge in [-0.15, -0.1) is 0 Å².